The summed E-state index contributed by atoms with van der Waals surface area (Å²) in [7, 11) is 0. The van der Waals surface area contributed by atoms with Gasteiger partial charge in [-0.15, -0.1) is 11.8 Å². The van der Waals surface area contributed by atoms with Crippen LogP contribution >= 0.6 is 11.8 Å². The lowest BCUT2D eigenvalue weighted by Gasteiger charge is -2.17. The van der Waals surface area contributed by atoms with Crippen LogP contribution in [0.3, 0.4) is 0 Å². The monoisotopic (exact) mass is 177 g/mol. The molecule has 11 heavy (non-hydrogen) atoms. The van der Waals surface area contributed by atoms with E-state index in [2.05, 4.69) is 12.2 Å². The first-order chi connectivity index (χ1) is 5.24. The number of ether oxygens (including phenoxy) is 1. The highest BCUT2D eigenvalue weighted by molar-refractivity contribution is 8.00. The summed E-state index contributed by atoms with van der Waals surface area (Å²) in [5.74, 6) is 0.933. The SMILES string of the molecule is CCOC(O)C1CSC(C)N1. The topological polar surface area (TPSA) is 41.5 Å². The highest BCUT2D eigenvalue weighted by Gasteiger charge is 2.27. The predicted octanol–water partition coefficient (Wildman–Crippen LogP) is 0.392. The summed E-state index contributed by atoms with van der Waals surface area (Å²) in [5.41, 5.74) is 0. The first kappa shape index (κ1) is 9.32. The van der Waals surface area contributed by atoms with E-state index in [1.165, 1.54) is 0 Å². The maximum atomic E-state index is 9.37. The molecule has 1 saturated heterocycles. The van der Waals surface area contributed by atoms with Gasteiger partial charge in [0.05, 0.1) is 11.4 Å². The van der Waals surface area contributed by atoms with Crippen molar-refractivity contribution in [1.29, 1.82) is 0 Å². The third-order valence-corrected chi connectivity index (χ3v) is 2.84. The number of aliphatic hydroxyl groups excluding tert-OH is 1. The maximum Gasteiger partial charge on any atom is 0.170 e. The molecule has 2 N–H and O–H groups in total. The summed E-state index contributed by atoms with van der Waals surface area (Å²) in [6.07, 6.45) is -0.641. The van der Waals surface area contributed by atoms with Crippen LogP contribution in [0.25, 0.3) is 0 Å². The van der Waals surface area contributed by atoms with Crippen LogP contribution in [0.4, 0.5) is 0 Å². The molecule has 4 heteroatoms. The summed E-state index contributed by atoms with van der Waals surface area (Å²) in [6.45, 7) is 4.54. The van der Waals surface area contributed by atoms with Gasteiger partial charge in [0.25, 0.3) is 0 Å². The molecule has 3 nitrogen and oxygen atoms in total. The van der Waals surface area contributed by atoms with Gasteiger partial charge in [-0.3, -0.25) is 5.32 Å². The second-order valence-electron chi connectivity index (χ2n) is 2.59. The summed E-state index contributed by atoms with van der Waals surface area (Å²) in [5, 5.41) is 13.0. The molecule has 0 amide bonds. The van der Waals surface area contributed by atoms with Crippen molar-refractivity contribution in [2.24, 2.45) is 0 Å². The van der Waals surface area contributed by atoms with Crippen molar-refractivity contribution >= 4 is 11.8 Å². The van der Waals surface area contributed by atoms with Crippen molar-refractivity contribution < 1.29 is 9.84 Å². The molecule has 0 aromatic heterocycles. The molecule has 1 aliphatic rings. The molecule has 0 radical (unpaired) electrons. The van der Waals surface area contributed by atoms with E-state index in [9.17, 15) is 5.11 Å². The van der Waals surface area contributed by atoms with E-state index in [0.29, 0.717) is 12.0 Å². The Hall–Kier alpha value is 0.230. The molecule has 3 unspecified atom stereocenters. The van der Waals surface area contributed by atoms with Crippen molar-refractivity contribution in [3.05, 3.63) is 0 Å². The first-order valence-corrected chi connectivity index (χ1v) is 4.96. The Kier molecular flexibility index (Phi) is 3.65. The molecule has 1 aliphatic heterocycles. The summed E-state index contributed by atoms with van der Waals surface area (Å²) in [6, 6.07) is 0.106. The fourth-order valence-corrected chi connectivity index (χ4v) is 2.13. The summed E-state index contributed by atoms with van der Waals surface area (Å²) >= 11 is 1.81. The maximum absolute atomic E-state index is 9.37. The van der Waals surface area contributed by atoms with E-state index in [4.69, 9.17) is 4.74 Å². The van der Waals surface area contributed by atoms with Crippen molar-refractivity contribution in [3.8, 4) is 0 Å². The minimum Gasteiger partial charge on any atom is -0.367 e. The third-order valence-electron chi connectivity index (χ3n) is 1.66. The lowest BCUT2D eigenvalue weighted by atomic mass is 10.3. The van der Waals surface area contributed by atoms with Crippen LogP contribution in [0.5, 0.6) is 0 Å². The zero-order chi connectivity index (χ0) is 8.27. The minimum absolute atomic E-state index is 0.106. The molecule has 0 spiro atoms. The lowest BCUT2D eigenvalue weighted by Crippen LogP contribution is -2.40. The van der Waals surface area contributed by atoms with Gasteiger partial charge < -0.3 is 9.84 Å². The third kappa shape index (κ3) is 2.63. The zero-order valence-corrected chi connectivity index (χ0v) is 7.73. The van der Waals surface area contributed by atoms with Gasteiger partial charge in [0.1, 0.15) is 0 Å². The Labute approximate surface area is 71.5 Å². The minimum atomic E-state index is -0.641. The Morgan fingerprint density at radius 2 is 2.55 bits per heavy atom. The van der Waals surface area contributed by atoms with E-state index in [1.54, 1.807) is 0 Å². The average Bonchev–Trinajstić information content (AvgIpc) is 2.36. The normalized spacial score (nSPS) is 34.1. The molecule has 0 bridgehead atoms. The molecule has 1 heterocycles. The second kappa shape index (κ2) is 4.30. The molecule has 1 rings (SSSR count). The summed E-state index contributed by atoms with van der Waals surface area (Å²) < 4.78 is 5.05. The highest BCUT2D eigenvalue weighted by atomic mass is 32.2. The quantitative estimate of drug-likeness (QED) is 0.612. The molecular weight excluding hydrogens is 162 g/mol. The summed E-state index contributed by atoms with van der Waals surface area (Å²) in [4.78, 5) is 0. The van der Waals surface area contributed by atoms with Gasteiger partial charge in [-0.25, -0.2) is 0 Å². The van der Waals surface area contributed by atoms with E-state index < -0.39 is 6.29 Å². The van der Waals surface area contributed by atoms with Crippen molar-refractivity contribution in [1.82, 2.24) is 5.32 Å². The molecule has 0 saturated carbocycles. The second-order valence-corrected chi connectivity index (χ2v) is 3.97. The van der Waals surface area contributed by atoms with Crippen LogP contribution in [0.15, 0.2) is 0 Å². The Balaban J connectivity index is 2.25. The van der Waals surface area contributed by atoms with Crippen LogP contribution in [-0.4, -0.2) is 35.2 Å². The lowest BCUT2D eigenvalue weighted by molar-refractivity contribution is -0.110. The number of hydrogen-bond donors (Lipinski definition) is 2. The van der Waals surface area contributed by atoms with Crippen LogP contribution < -0.4 is 5.32 Å². The molecule has 0 aromatic rings. The van der Waals surface area contributed by atoms with Gasteiger partial charge in [-0.1, -0.05) is 0 Å². The number of rotatable bonds is 3. The molecular formula is C7H15NO2S. The van der Waals surface area contributed by atoms with E-state index in [-0.39, 0.29) is 6.04 Å². The molecule has 1 fully saturated rings. The van der Waals surface area contributed by atoms with Gasteiger partial charge >= 0.3 is 0 Å². The van der Waals surface area contributed by atoms with Crippen molar-refractivity contribution in [2.75, 3.05) is 12.4 Å². The van der Waals surface area contributed by atoms with Crippen molar-refractivity contribution in [3.63, 3.8) is 0 Å². The average molecular weight is 177 g/mol. The Bertz CT molecular complexity index is 123. The van der Waals surface area contributed by atoms with Crippen molar-refractivity contribution in [2.45, 2.75) is 31.6 Å². The molecule has 0 aromatic carbocycles. The van der Waals surface area contributed by atoms with E-state index in [1.807, 2.05) is 18.7 Å². The van der Waals surface area contributed by atoms with Crippen LogP contribution in [0.2, 0.25) is 0 Å². The van der Waals surface area contributed by atoms with Gasteiger partial charge in [0, 0.05) is 12.4 Å². The fraction of sp³-hybridized carbons (Fsp3) is 1.00. The number of aliphatic hydroxyl groups is 1. The van der Waals surface area contributed by atoms with E-state index >= 15 is 0 Å². The number of thioether (sulfide) groups is 1. The smallest absolute Gasteiger partial charge is 0.170 e. The van der Waals surface area contributed by atoms with Gasteiger partial charge in [-0.2, -0.15) is 0 Å². The largest absolute Gasteiger partial charge is 0.367 e. The van der Waals surface area contributed by atoms with E-state index in [0.717, 1.165) is 5.75 Å². The highest BCUT2D eigenvalue weighted by Crippen LogP contribution is 2.19. The molecule has 0 aliphatic carbocycles. The van der Waals surface area contributed by atoms with Crippen LogP contribution in [0, 0.1) is 0 Å². The fourth-order valence-electron chi connectivity index (χ4n) is 1.10. The van der Waals surface area contributed by atoms with Gasteiger partial charge in [0.15, 0.2) is 6.29 Å². The predicted molar refractivity (Wildman–Crippen MR) is 46.5 cm³/mol. The van der Waals surface area contributed by atoms with Crippen LogP contribution in [0.1, 0.15) is 13.8 Å². The van der Waals surface area contributed by atoms with Gasteiger partial charge in [-0.05, 0) is 13.8 Å². The number of hydrogen-bond acceptors (Lipinski definition) is 4. The standard InChI is InChI=1S/C7H15NO2S/c1-3-10-7(9)6-4-11-5(2)8-6/h5-9H,3-4H2,1-2H3. The number of nitrogens with one attached hydrogen (secondary N) is 1. The molecule has 66 valence electrons. The molecule has 3 atom stereocenters. The Morgan fingerprint density at radius 1 is 1.82 bits per heavy atom. The van der Waals surface area contributed by atoms with Crippen LogP contribution in [-0.2, 0) is 4.74 Å². The Morgan fingerprint density at radius 3 is 3.00 bits per heavy atom. The first-order valence-electron chi connectivity index (χ1n) is 3.91. The van der Waals surface area contributed by atoms with Gasteiger partial charge in [0.2, 0.25) is 0 Å². The zero-order valence-electron chi connectivity index (χ0n) is 6.91.